The van der Waals surface area contributed by atoms with Gasteiger partial charge in [0, 0.05) is 26.0 Å². The maximum absolute atomic E-state index is 12.3. The van der Waals surface area contributed by atoms with Crippen molar-refractivity contribution < 1.29 is 19.1 Å². The van der Waals surface area contributed by atoms with Crippen LogP contribution in [0.15, 0.2) is 0 Å². The summed E-state index contributed by atoms with van der Waals surface area (Å²) < 4.78 is 5.48. The van der Waals surface area contributed by atoms with Crippen LogP contribution in [0.1, 0.15) is 45.4 Å². The van der Waals surface area contributed by atoms with Gasteiger partial charge in [-0.1, -0.05) is 6.92 Å². The topological polar surface area (TPSA) is 75.7 Å². The molecule has 3 rings (SSSR count). The number of nitrogens with zero attached hydrogens (tertiary/aromatic N) is 1. The molecule has 3 aliphatic rings. The quantitative estimate of drug-likeness (QED) is 0.831. The average molecular weight is 294 g/mol. The summed E-state index contributed by atoms with van der Waals surface area (Å²) in [6.45, 7) is 3.74. The van der Waals surface area contributed by atoms with E-state index in [9.17, 15) is 14.4 Å². The van der Waals surface area contributed by atoms with Gasteiger partial charge >= 0.3 is 6.03 Å². The van der Waals surface area contributed by atoms with Gasteiger partial charge in [-0.2, -0.15) is 0 Å². The van der Waals surface area contributed by atoms with Crippen molar-refractivity contribution in [3.63, 3.8) is 0 Å². The van der Waals surface area contributed by atoms with E-state index in [-0.39, 0.29) is 17.4 Å². The summed E-state index contributed by atoms with van der Waals surface area (Å²) in [4.78, 5) is 37.3. The number of imide groups is 1. The van der Waals surface area contributed by atoms with Crippen molar-refractivity contribution in [2.75, 3.05) is 19.8 Å². The molecule has 2 heterocycles. The molecule has 1 unspecified atom stereocenters. The molecule has 1 aliphatic carbocycles. The SMILES string of the molecule is CC1(CN2C(=O)NC(=O)CC23CCOC3)CCC(=O)CC1. The number of hydrogen-bond donors (Lipinski definition) is 1. The van der Waals surface area contributed by atoms with Crippen LogP contribution in [0.5, 0.6) is 0 Å². The van der Waals surface area contributed by atoms with Gasteiger partial charge in [0.05, 0.1) is 18.6 Å². The first-order valence-corrected chi connectivity index (χ1v) is 7.64. The number of ether oxygens (including phenoxy) is 1. The van der Waals surface area contributed by atoms with Crippen LogP contribution in [-0.2, 0) is 14.3 Å². The molecule has 6 heteroatoms. The van der Waals surface area contributed by atoms with Crippen molar-refractivity contribution in [1.82, 2.24) is 10.2 Å². The van der Waals surface area contributed by atoms with Crippen molar-refractivity contribution in [1.29, 1.82) is 0 Å². The molecule has 21 heavy (non-hydrogen) atoms. The Morgan fingerprint density at radius 1 is 1.19 bits per heavy atom. The Hall–Kier alpha value is -1.43. The molecule has 3 fully saturated rings. The molecule has 0 aromatic rings. The van der Waals surface area contributed by atoms with Gasteiger partial charge in [0.25, 0.3) is 0 Å². The largest absolute Gasteiger partial charge is 0.379 e. The van der Waals surface area contributed by atoms with E-state index in [4.69, 9.17) is 4.74 Å². The highest BCUT2D eigenvalue weighted by molar-refractivity contribution is 5.98. The summed E-state index contributed by atoms with van der Waals surface area (Å²) in [5, 5.41) is 2.42. The zero-order chi connectivity index (χ0) is 15.1. The number of hydrogen-bond acceptors (Lipinski definition) is 4. The van der Waals surface area contributed by atoms with Gasteiger partial charge in [-0.25, -0.2) is 4.79 Å². The lowest BCUT2D eigenvalue weighted by Gasteiger charge is -2.47. The van der Waals surface area contributed by atoms with Crippen LogP contribution in [0, 0.1) is 5.41 Å². The fourth-order valence-corrected chi connectivity index (χ4v) is 3.70. The Morgan fingerprint density at radius 3 is 2.52 bits per heavy atom. The van der Waals surface area contributed by atoms with E-state index >= 15 is 0 Å². The van der Waals surface area contributed by atoms with Crippen molar-refractivity contribution in [2.24, 2.45) is 5.41 Å². The zero-order valence-electron chi connectivity index (χ0n) is 12.4. The molecule has 0 radical (unpaired) electrons. The third kappa shape index (κ3) is 2.69. The van der Waals surface area contributed by atoms with E-state index in [1.54, 1.807) is 4.90 Å². The van der Waals surface area contributed by atoms with Gasteiger partial charge in [0.2, 0.25) is 5.91 Å². The molecule has 3 amide bonds. The predicted molar refractivity (Wildman–Crippen MR) is 74.6 cm³/mol. The van der Waals surface area contributed by atoms with Gasteiger partial charge in [0.1, 0.15) is 5.78 Å². The highest BCUT2D eigenvalue weighted by Crippen LogP contribution is 2.40. The van der Waals surface area contributed by atoms with Crippen LogP contribution >= 0.6 is 0 Å². The lowest BCUT2D eigenvalue weighted by molar-refractivity contribution is -0.126. The molecule has 1 N–H and O–H groups in total. The summed E-state index contributed by atoms with van der Waals surface area (Å²) in [5.41, 5.74) is -0.537. The number of carbonyl (C=O) groups excluding carboxylic acids is 3. The Balaban J connectivity index is 1.79. The van der Waals surface area contributed by atoms with Gasteiger partial charge < -0.3 is 9.64 Å². The fourth-order valence-electron chi connectivity index (χ4n) is 3.70. The Labute approximate surface area is 124 Å². The van der Waals surface area contributed by atoms with Crippen LogP contribution in [0.25, 0.3) is 0 Å². The second-order valence-electron chi connectivity index (χ2n) is 6.99. The molecule has 2 aliphatic heterocycles. The molecule has 2 saturated heterocycles. The summed E-state index contributed by atoms with van der Waals surface area (Å²) in [6.07, 6.45) is 3.82. The van der Waals surface area contributed by atoms with E-state index in [0.29, 0.717) is 51.2 Å². The monoisotopic (exact) mass is 294 g/mol. The van der Waals surface area contributed by atoms with Crippen molar-refractivity contribution >= 4 is 17.7 Å². The summed E-state index contributed by atoms with van der Waals surface area (Å²) in [7, 11) is 0. The molecule has 116 valence electrons. The van der Waals surface area contributed by atoms with Crippen LogP contribution in [-0.4, -0.2) is 47.9 Å². The van der Waals surface area contributed by atoms with Gasteiger partial charge in [-0.15, -0.1) is 0 Å². The highest BCUT2D eigenvalue weighted by Gasteiger charge is 2.50. The second-order valence-corrected chi connectivity index (χ2v) is 6.99. The summed E-state index contributed by atoms with van der Waals surface area (Å²) >= 11 is 0. The first-order chi connectivity index (χ1) is 9.92. The molecule has 0 aromatic carbocycles. The van der Waals surface area contributed by atoms with Crippen LogP contribution in [0.4, 0.5) is 4.79 Å². The van der Waals surface area contributed by atoms with Gasteiger partial charge in [0.15, 0.2) is 0 Å². The minimum atomic E-state index is -0.482. The van der Waals surface area contributed by atoms with Crippen LogP contribution in [0.3, 0.4) is 0 Å². The molecule has 0 bridgehead atoms. The normalized spacial score (nSPS) is 32.6. The van der Waals surface area contributed by atoms with Crippen molar-refractivity contribution in [3.05, 3.63) is 0 Å². The molecule has 1 spiro atoms. The molecule has 1 atom stereocenters. The minimum absolute atomic E-state index is 0.0543. The first-order valence-electron chi connectivity index (χ1n) is 7.64. The molecule has 1 saturated carbocycles. The number of urea groups is 1. The van der Waals surface area contributed by atoms with E-state index in [1.807, 2.05) is 0 Å². The minimum Gasteiger partial charge on any atom is -0.379 e. The zero-order valence-corrected chi connectivity index (χ0v) is 12.4. The maximum Gasteiger partial charge on any atom is 0.324 e. The Morgan fingerprint density at radius 2 is 1.90 bits per heavy atom. The number of rotatable bonds is 2. The first kappa shape index (κ1) is 14.5. The fraction of sp³-hybridized carbons (Fsp3) is 0.800. The lowest BCUT2D eigenvalue weighted by Crippen LogP contribution is -2.65. The number of ketones is 1. The number of Topliss-reactive ketones (excluding diaryl/α,β-unsaturated/α-hetero) is 1. The lowest BCUT2D eigenvalue weighted by atomic mass is 9.73. The predicted octanol–water partition coefficient (Wildman–Crippen LogP) is 1.24. The van der Waals surface area contributed by atoms with Gasteiger partial charge in [-0.3, -0.25) is 14.9 Å². The summed E-state index contributed by atoms with van der Waals surface area (Å²) in [6, 6.07) is -0.310. The van der Waals surface area contributed by atoms with E-state index in [0.717, 1.165) is 12.8 Å². The van der Waals surface area contributed by atoms with E-state index in [1.165, 1.54) is 0 Å². The molecule has 0 aromatic heterocycles. The highest BCUT2D eigenvalue weighted by atomic mass is 16.5. The number of amides is 3. The number of nitrogens with one attached hydrogen (secondary N) is 1. The number of carbonyl (C=O) groups is 3. The van der Waals surface area contributed by atoms with E-state index in [2.05, 4.69) is 12.2 Å². The Kier molecular flexibility index (Phi) is 3.51. The standard InChI is InChI=1S/C15H22N2O4/c1-14(4-2-11(18)3-5-14)9-17-13(20)16-12(19)8-15(17)6-7-21-10-15/h2-10H2,1H3,(H,16,19,20). The van der Waals surface area contributed by atoms with Crippen molar-refractivity contribution in [3.8, 4) is 0 Å². The average Bonchev–Trinajstić information content (AvgIpc) is 2.87. The maximum atomic E-state index is 12.3. The van der Waals surface area contributed by atoms with Gasteiger partial charge in [-0.05, 0) is 24.7 Å². The third-order valence-electron chi connectivity index (χ3n) is 5.19. The molecule has 6 nitrogen and oxygen atoms in total. The van der Waals surface area contributed by atoms with E-state index < -0.39 is 5.54 Å². The molecular formula is C15H22N2O4. The van der Waals surface area contributed by atoms with Crippen molar-refractivity contribution in [2.45, 2.75) is 51.0 Å². The second kappa shape index (κ2) is 5.09. The molecular weight excluding hydrogens is 272 g/mol. The smallest absolute Gasteiger partial charge is 0.324 e. The third-order valence-corrected chi connectivity index (χ3v) is 5.19. The summed E-state index contributed by atoms with van der Waals surface area (Å²) in [5.74, 6) is 0.0930. The van der Waals surface area contributed by atoms with Crippen LogP contribution < -0.4 is 5.32 Å². The Bertz CT molecular complexity index is 472. The van der Waals surface area contributed by atoms with Crippen LogP contribution in [0.2, 0.25) is 0 Å².